The molecule has 2 amide bonds. The summed E-state index contributed by atoms with van der Waals surface area (Å²) in [4.78, 5) is 30.7. The summed E-state index contributed by atoms with van der Waals surface area (Å²) in [7, 11) is 0. The number of fused-ring (bicyclic) bond motifs is 1. The first-order chi connectivity index (χ1) is 15.3. The summed E-state index contributed by atoms with van der Waals surface area (Å²) in [5.41, 5.74) is 3.49. The highest BCUT2D eigenvalue weighted by molar-refractivity contribution is 5.99. The van der Waals surface area contributed by atoms with Gasteiger partial charge in [0, 0.05) is 37.1 Å². The summed E-state index contributed by atoms with van der Waals surface area (Å²) in [5.74, 6) is 1.34. The third-order valence-electron chi connectivity index (χ3n) is 5.59. The van der Waals surface area contributed by atoms with Gasteiger partial charge in [0.1, 0.15) is 17.8 Å². The van der Waals surface area contributed by atoms with Crippen LogP contribution in [0.25, 0.3) is 11.0 Å². The van der Waals surface area contributed by atoms with E-state index in [1.54, 1.807) is 30.9 Å². The number of carbonyl (C=O) groups is 1. The van der Waals surface area contributed by atoms with Gasteiger partial charge in [-0.2, -0.15) is 0 Å². The molecule has 1 aliphatic heterocycles. The smallest absolute Gasteiger partial charge is 0.323 e. The van der Waals surface area contributed by atoms with E-state index in [-0.39, 0.29) is 6.03 Å². The van der Waals surface area contributed by atoms with Crippen LogP contribution in [0.4, 0.5) is 22.0 Å². The normalized spacial score (nSPS) is 16.3. The van der Waals surface area contributed by atoms with Crippen LogP contribution < -0.4 is 15.5 Å². The SMILES string of the molecule is O=C(Nc1cccnc1)Nc1cccc(C2CCCN(c3ncnc4[nH]ccc34)C2)c1. The molecule has 1 atom stereocenters. The molecule has 5 rings (SSSR count). The second-order valence-corrected chi connectivity index (χ2v) is 7.67. The third-order valence-corrected chi connectivity index (χ3v) is 5.59. The van der Waals surface area contributed by atoms with Crippen molar-refractivity contribution in [3.63, 3.8) is 0 Å². The Morgan fingerprint density at radius 3 is 2.90 bits per heavy atom. The Morgan fingerprint density at radius 2 is 2.00 bits per heavy atom. The van der Waals surface area contributed by atoms with E-state index < -0.39 is 0 Å². The number of aromatic nitrogens is 4. The topological polar surface area (TPSA) is 98.8 Å². The molecular weight excluding hydrogens is 390 g/mol. The monoisotopic (exact) mass is 413 g/mol. The molecule has 8 nitrogen and oxygen atoms in total. The van der Waals surface area contributed by atoms with Gasteiger partial charge in [0.05, 0.1) is 17.3 Å². The van der Waals surface area contributed by atoms with Crippen molar-refractivity contribution < 1.29 is 4.79 Å². The van der Waals surface area contributed by atoms with Crippen molar-refractivity contribution >= 4 is 34.3 Å². The fourth-order valence-electron chi connectivity index (χ4n) is 4.15. The number of urea groups is 1. The maximum Gasteiger partial charge on any atom is 0.323 e. The maximum atomic E-state index is 12.3. The van der Waals surface area contributed by atoms with Gasteiger partial charge < -0.3 is 20.5 Å². The van der Waals surface area contributed by atoms with Crippen molar-refractivity contribution in [2.75, 3.05) is 28.6 Å². The van der Waals surface area contributed by atoms with Gasteiger partial charge in [-0.3, -0.25) is 4.98 Å². The zero-order valence-corrected chi connectivity index (χ0v) is 17.0. The molecule has 0 aliphatic carbocycles. The molecule has 1 fully saturated rings. The van der Waals surface area contributed by atoms with Crippen molar-refractivity contribution in [2.45, 2.75) is 18.8 Å². The second-order valence-electron chi connectivity index (χ2n) is 7.67. The number of anilines is 3. The van der Waals surface area contributed by atoms with Gasteiger partial charge in [0.25, 0.3) is 0 Å². The van der Waals surface area contributed by atoms with Crippen molar-refractivity contribution in [3.05, 3.63) is 72.9 Å². The number of amides is 2. The molecule has 3 N–H and O–H groups in total. The van der Waals surface area contributed by atoms with E-state index in [1.165, 1.54) is 5.56 Å². The Bertz CT molecular complexity index is 1190. The molecule has 3 aromatic heterocycles. The summed E-state index contributed by atoms with van der Waals surface area (Å²) < 4.78 is 0. The number of hydrogen-bond acceptors (Lipinski definition) is 5. The second kappa shape index (κ2) is 8.43. The number of benzene rings is 1. The lowest BCUT2D eigenvalue weighted by molar-refractivity contribution is 0.262. The fraction of sp³-hybridized carbons (Fsp3) is 0.217. The molecule has 4 heterocycles. The van der Waals surface area contributed by atoms with E-state index in [9.17, 15) is 4.79 Å². The molecule has 156 valence electrons. The Kier molecular flexibility index (Phi) is 5.18. The lowest BCUT2D eigenvalue weighted by Crippen LogP contribution is -2.35. The molecular formula is C23H23N7O. The highest BCUT2D eigenvalue weighted by Crippen LogP contribution is 2.32. The summed E-state index contributed by atoms with van der Waals surface area (Å²) in [5, 5.41) is 6.76. The van der Waals surface area contributed by atoms with E-state index >= 15 is 0 Å². The van der Waals surface area contributed by atoms with Crippen LogP contribution in [0.2, 0.25) is 0 Å². The zero-order chi connectivity index (χ0) is 21.0. The summed E-state index contributed by atoms with van der Waals surface area (Å²) >= 11 is 0. The van der Waals surface area contributed by atoms with Crippen molar-refractivity contribution in [1.82, 2.24) is 19.9 Å². The molecule has 1 unspecified atom stereocenters. The number of H-pyrrole nitrogens is 1. The Morgan fingerprint density at radius 1 is 1.10 bits per heavy atom. The number of rotatable bonds is 4. The Labute approximate surface area is 179 Å². The standard InChI is InChI=1S/C23H23N7O/c31-23(29-19-7-2-9-24-13-19)28-18-6-1-4-16(12-18)17-5-3-11-30(14-17)22-20-8-10-25-21(20)26-15-27-22/h1-2,4,6-10,12-13,15,17H,3,5,11,14H2,(H,25,26,27)(H2,28,29,31). The Balaban J connectivity index is 1.30. The molecule has 31 heavy (non-hydrogen) atoms. The van der Waals surface area contributed by atoms with Crippen molar-refractivity contribution in [1.29, 1.82) is 0 Å². The summed E-state index contributed by atoms with van der Waals surface area (Å²) in [6.07, 6.45) is 8.98. The molecule has 0 spiro atoms. The predicted molar refractivity (Wildman–Crippen MR) is 121 cm³/mol. The average molecular weight is 413 g/mol. The number of nitrogens with zero attached hydrogens (tertiary/aromatic N) is 4. The van der Waals surface area contributed by atoms with Crippen LogP contribution in [0.1, 0.15) is 24.3 Å². The van der Waals surface area contributed by atoms with Crippen molar-refractivity contribution in [3.8, 4) is 0 Å². The van der Waals surface area contributed by atoms with Crippen molar-refractivity contribution in [2.24, 2.45) is 0 Å². The first kappa shape index (κ1) is 19.0. The molecule has 0 saturated carbocycles. The van der Waals surface area contributed by atoms with Crippen LogP contribution in [0.15, 0.2) is 67.4 Å². The van der Waals surface area contributed by atoms with Crippen LogP contribution in [-0.4, -0.2) is 39.1 Å². The van der Waals surface area contributed by atoms with Gasteiger partial charge in [0.15, 0.2) is 0 Å². The molecule has 0 radical (unpaired) electrons. The number of pyridine rings is 1. The highest BCUT2D eigenvalue weighted by Gasteiger charge is 2.24. The van der Waals surface area contributed by atoms with Crippen LogP contribution in [0.5, 0.6) is 0 Å². The molecule has 0 bridgehead atoms. The van der Waals surface area contributed by atoms with Gasteiger partial charge in [-0.05, 0) is 48.7 Å². The van der Waals surface area contributed by atoms with Crippen LogP contribution in [0, 0.1) is 0 Å². The van der Waals surface area contributed by atoms with E-state index in [0.29, 0.717) is 11.6 Å². The minimum absolute atomic E-state index is 0.286. The minimum Gasteiger partial charge on any atom is -0.355 e. The highest BCUT2D eigenvalue weighted by atomic mass is 16.2. The van der Waals surface area contributed by atoms with Gasteiger partial charge in [0.2, 0.25) is 0 Å². The van der Waals surface area contributed by atoms with E-state index in [2.05, 4.69) is 47.6 Å². The molecule has 1 aliphatic rings. The molecule has 4 aromatic rings. The van der Waals surface area contributed by atoms with Crippen LogP contribution in [0.3, 0.4) is 0 Å². The lowest BCUT2D eigenvalue weighted by atomic mass is 9.90. The number of carbonyl (C=O) groups excluding carboxylic acids is 1. The van der Waals surface area contributed by atoms with E-state index in [1.807, 2.05) is 24.4 Å². The fourth-order valence-corrected chi connectivity index (χ4v) is 4.15. The molecule has 1 saturated heterocycles. The van der Waals surface area contributed by atoms with E-state index in [0.717, 1.165) is 48.5 Å². The first-order valence-electron chi connectivity index (χ1n) is 10.4. The number of nitrogens with one attached hydrogen (secondary N) is 3. The molecule has 1 aromatic carbocycles. The number of piperidine rings is 1. The van der Waals surface area contributed by atoms with Gasteiger partial charge in [-0.25, -0.2) is 14.8 Å². The largest absolute Gasteiger partial charge is 0.355 e. The predicted octanol–water partition coefficient (Wildman–Crippen LogP) is 4.38. The summed E-state index contributed by atoms with van der Waals surface area (Å²) in [6, 6.07) is 13.4. The van der Waals surface area contributed by atoms with Crippen LogP contribution >= 0.6 is 0 Å². The summed E-state index contributed by atoms with van der Waals surface area (Å²) in [6.45, 7) is 1.85. The quantitative estimate of drug-likeness (QED) is 0.461. The zero-order valence-electron chi connectivity index (χ0n) is 17.0. The van der Waals surface area contributed by atoms with Crippen LogP contribution in [-0.2, 0) is 0 Å². The first-order valence-corrected chi connectivity index (χ1v) is 10.4. The number of aromatic amines is 1. The maximum absolute atomic E-state index is 12.3. The van der Waals surface area contributed by atoms with Gasteiger partial charge >= 0.3 is 6.03 Å². The Hall–Kier alpha value is -3.94. The van der Waals surface area contributed by atoms with Gasteiger partial charge in [-0.15, -0.1) is 0 Å². The number of hydrogen-bond donors (Lipinski definition) is 3. The van der Waals surface area contributed by atoms with Gasteiger partial charge in [-0.1, -0.05) is 12.1 Å². The molecule has 8 heteroatoms. The lowest BCUT2D eigenvalue weighted by Gasteiger charge is -2.34. The average Bonchev–Trinajstić information content (AvgIpc) is 3.29. The third kappa shape index (κ3) is 4.18. The van der Waals surface area contributed by atoms with E-state index in [4.69, 9.17) is 0 Å². The minimum atomic E-state index is -0.286.